The van der Waals surface area contributed by atoms with Gasteiger partial charge < -0.3 is 20.1 Å². The van der Waals surface area contributed by atoms with Crippen LogP contribution in [0.15, 0.2) is 27.9 Å². The van der Waals surface area contributed by atoms with E-state index in [4.69, 9.17) is 4.74 Å². The van der Waals surface area contributed by atoms with Crippen LogP contribution in [-0.2, 0) is 27.9 Å². The van der Waals surface area contributed by atoms with Gasteiger partial charge in [0.1, 0.15) is 17.3 Å². The highest BCUT2D eigenvalue weighted by Crippen LogP contribution is 2.22. The summed E-state index contributed by atoms with van der Waals surface area (Å²) in [5.41, 5.74) is -0.946. The van der Waals surface area contributed by atoms with Crippen molar-refractivity contribution in [2.45, 2.75) is 30.4 Å². The van der Waals surface area contributed by atoms with Gasteiger partial charge >= 0.3 is 0 Å². The number of H-pyrrole nitrogens is 1. The molecule has 1 aromatic heterocycles. The topological polar surface area (TPSA) is 142 Å². The lowest BCUT2D eigenvalue weighted by Crippen LogP contribution is -2.31. The molecule has 3 rings (SSSR count). The fraction of sp³-hybridized carbons (Fsp3) is 0.421. The number of aromatic nitrogens is 2. The number of nitrogens with zero attached hydrogens (tertiary/aromatic N) is 2. The van der Waals surface area contributed by atoms with Crippen molar-refractivity contribution in [2.75, 3.05) is 27.3 Å². The zero-order valence-electron chi connectivity index (χ0n) is 17.0. The van der Waals surface area contributed by atoms with E-state index >= 15 is 0 Å². The number of carbonyl (C=O) groups is 1. The average Bonchev–Trinajstić information content (AvgIpc) is 3.26. The Kier molecular flexibility index (Phi) is 6.84. The summed E-state index contributed by atoms with van der Waals surface area (Å²) < 4.78 is 44.9. The molecule has 31 heavy (non-hydrogen) atoms. The molecular weight excluding hydrogens is 431 g/mol. The highest BCUT2D eigenvalue weighted by molar-refractivity contribution is 7.89. The van der Waals surface area contributed by atoms with Crippen LogP contribution in [-0.4, -0.2) is 61.0 Å². The van der Waals surface area contributed by atoms with Crippen molar-refractivity contribution in [1.82, 2.24) is 19.6 Å². The quantitative estimate of drug-likeness (QED) is 0.538. The lowest BCUT2D eigenvalue weighted by atomic mass is 10.1. The molecule has 10 nitrogen and oxygen atoms in total. The Morgan fingerprint density at radius 1 is 1.42 bits per heavy atom. The van der Waals surface area contributed by atoms with Gasteiger partial charge in [0.25, 0.3) is 11.5 Å². The van der Waals surface area contributed by atoms with Crippen LogP contribution in [0.5, 0.6) is 0 Å². The molecule has 3 N–H and O–H groups in total. The maximum Gasteiger partial charge on any atom is 0.270 e. The van der Waals surface area contributed by atoms with Crippen molar-refractivity contribution in [2.24, 2.45) is 0 Å². The van der Waals surface area contributed by atoms with Gasteiger partial charge in [-0.15, -0.1) is 0 Å². The molecule has 0 aliphatic carbocycles. The van der Waals surface area contributed by atoms with E-state index in [-0.39, 0.29) is 40.0 Å². The number of hydrogen-bond acceptors (Lipinski definition) is 7. The molecule has 1 aliphatic rings. The van der Waals surface area contributed by atoms with Crippen molar-refractivity contribution in [1.29, 1.82) is 0 Å². The SMILES string of the molecule is CN(C)S(=O)(=O)c1cc(F)ccc1CNC(=O)c1nc(C2CCOC2)[nH]c(=O)c1CO. The fourth-order valence-electron chi connectivity index (χ4n) is 3.16. The van der Waals surface area contributed by atoms with Crippen LogP contribution >= 0.6 is 0 Å². The predicted molar refractivity (Wildman–Crippen MR) is 107 cm³/mol. The predicted octanol–water partition coefficient (Wildman–Crippen LogP) is 0.0855. The van der Waals surface area contributed by atoms with Gasteiger partial charge in [0.15, 0.2) is 0 Å². The van der Waals surface area contributed by atoms with E-state index in [1.807, 2.05) is 0 Å². The molecule has 1 unspecified atom stereocenters. The Morgan fingerprint density at radius 3 is 2.77 bits per heavy atom. The molecular formula is C19H23FN4O6S. The van der Waals surface area contributed by atoms with E-state index in [2.05, 4.69) is 15.3 Å². The molecule has 1 aliphatic heterocycles. The number of rotatable bonds is 7. The zero-order chi connectivity index (χ0) is 22.8. The second kappa shape index (κ2) is 9.22. The number of aliphatic hydroxyl groups is 1. The first-order valence-electron chi connectivity index (χ1n) is 9.46. The summed E-state index contributed by atoms with van der Waals surface area (Å²) in [6.45, 7) is -0.110. The minimum absolute atomic E-state index is 0.156. The van der Waals surface area contributed by atoms with Crippen molar-refractivity contribution in [3.05, 3.63) is 57.0 Å². The number of hydrogen-bond donors (Lipinski definition) is 3. The Labute approximate surface area is 178 Å². The second-order valence-electron chi connectivity index (χ2n) is 7.22. The molecule has 2 aromatic rings. The van der Waals surface area contributed by atoms with E-state index in [1.54, 1.807) is 0 Å². The van der Waals surface area contributed by atoms with Crippen LogP contribution in [0.4, 0.5) is 4.39 Å². The number of aliphatic hydroxyl groups excluding tert-OH is 1. The molecule has 0 bridgehead atoms. The van der Waals surface area contributed by atoms with Gasteiger partial charge in [0.2, 0.25) is 10.0 Å². The second-order valence-corrected chi connectivity index (χ2v) is 9.34. The largest absolute Gasteiger partial charge is 0.391 e. The number of sulfonamides is 1. The maximum atomic E-state index is 13.7. The summed E-state index contributed by atoms with van der Waals surface area (Å²) >= 11 is 0. The minimum atomic E-state index is -3.96. The number of aromatic amines is 1. The molecule has 1 fully saturated rings. The monoisotopic (exact) mass is 454 g/mol. The standard InChI is InChI=1S/C19H23FN4O6S/c1-24(2)31(28,29)15-7-13(20)4-3-11(15)8-21-19(27)16-14(9-25)18(26)23-17(22-16)12-5-6-30-10-12/h3-4,7,12,25H,5-6,8-10H2,1-2H3,(H,21,27)(H,22,23,26). The molecule has 0 radical (unpaired) electrons. The third kappa shape index (κ3) is 4.82. The molecule has 168 valence electrons. The van der Waals surface area contributed by atoms with Crippen molar-refractivity contribution < 1.29 is 27.4 Å². The van der Waals surface area contributed by atoms with Gasteiger partial charge in [-0.05, 0) is 24.1 Å². The number of nitrogens with one attached hydrogen (secondary N) is 2. The third-order valence-corrected chi connectivity index (χ3v) is 6.85. The van der Waals surface area contributed by atoms with Crippen LogP contribution in [0, 0.1) is 5.82 Å². The summed E-state index contributed by atoms with van der Waals surface area (Å²) in [5, 5.41) is 12.0. The normalized spacial score (nSPS) is 16.6. The molecule has 2 heterocycles. The van der Waals surface area contributed by atoms with E-state index in [1.165, 1.54) is 20.2 Å². The van der Waals surface area contributed by atoms with Gasteiger partial charge in [-0.2, -0.15) is 0 Å². The molecule has 12 heteroatoms. The third-order valence-electron chi connectivity index (χ3n) is 4.95. The first-order chi connectivity index (χ1) is 14.6. The Balaban J connectivity index is 1.90. The molecule has 1 amide bonds. The number of amides is 1. The maximum absolute atomic E-state index is 13.7. The van der Waals surface area contributed by atoms with E-state index in [9.17, 15) is 27.5 Å². The lowest BCUT2D eigenvalue weighted by Gasteiger charge is -2.16. The van der Waals surface area contributed by atoms with Gasteiger partial charge in [-0.25, -0.2) is 22.1 Å². The van der Waals surface area contributed by atoms with E-state index in [0.29, 0.717) is 19.6 Å². The number of halogens is 1. The molecule has 1 saturated heterocycles. The van der Waals surface area contributed by atoms with Crippen molar-refractivity contribution in [3.8, 4) is 0 Å². The number of carbonyl (C=O) groups excluding carboxylic acids is 1. The fourth-order valence-corrected chi connectivity index (χ4v) is 4.29. The summed E-state index contributed by atoms with van der Waals surface area (Å²) in [5.74, 6) is -1.41. The van der Waals surface area contributed by atoms with E-state index < -0.39 is 33.9 Å². The Bertz CT molecular complexity index is 1140. The summed E-state index contributed by atoms with van der Waals surface area (Å²) in [4.78, 5) is 31.6. The molecule has 1 atom stereocenters. The van der Waals surface area contributed by atoms with Gasteiger partial charge in [-0.1, -0.05) is 6.07 Å². The molecule has 1 aromatic carbocycles. The van der Waals surface area contributed by atoms with Crippen molar-refractivity contribution >= 4 is 15.9 Å². The van der Waals surface area contributed by atoms with Crippen LogP contribution in [0.3, 0.4) is 0 Å². The number of benzene rings is 1. The summed E-state index contributed by atoms with van der Waals surface area (Å²) in [7, 11) is -1.34. The Morgan fingerprint density at radius 2 is 2.16 bits per heavy atom. The lowest BCUT2D eigenvalue weighted by molar-refractivity contribution is 0.0941. The zero-order valence-corrected chi connectivity index (χ0v) is 17.8. The van der Waals surface area contributed by atoms with Crippen LogP contribution in [0.1, 0.15) is 39.8 Å². The number of ether oxygens (including phenoxy) is 1. The highest BCUT2D eigenvalue weighted by atomic mass is 32.2. The van der Waals surface area contributed by atoms with Gasteiger partial charge in [0, 0.05) is 33.2 Å². The smallest absolute Gasteiger partial charge is 0.270 e. The Hall–Kier alpha value is -2.67. The first kappa shape index (κ1) is 23.0. The summed E-state index contributed by atoms with van der Waals surface area (Å²) in [6, 6.07) is 3.21. The summed E-state index contributed by atoms with van der Waals surface area (Å²) in [6.07, 6.45) is 0.629. The van der Waals surface area contributed by atoms with Gasteiger partial charge in [0.05, 0.1) is 23.7 Å². The van der Waals surface area contributed by atoms with Crippen LogP contribution in [0.2, 0.25) is 0 Å². The van der Waals surface area contributed by atoms with Gasteiger partial charge in [-0.3, -0.25) is 9.59 Å². The van der Waals surface area contributed by atoms with E-state index in [0.717, 1.165) is 16.4 Å². The average molecular weight is 454 g/mol. The van der Waals surface area contributed by atoms with Crippen molar-refractivity contribution in [3.63, 3.8) is 0 Å². The van der Waals surface area contributed by atoms with Crippen LogP contribution in [0.25, 0.3) is 0 Å². The molecule has 0 spiro atoms. The highest BCUT2D eigenvalue weighted by Gasteiger charge is 2.26. The molecule has 0 saturated carbocycles. The first-order valence-corrected chi connectivity index (χ1v) is 10.9. The van der Waals surface area contributed by atoms with Crippen LogP contribution < -0.4 is 10.9 Å². The minimum Gasteiger partial charge on any atom is -0.391 e.